The van der Waals surface area contributed by atoms with Crippen molar-refractivity contribution in [2.24, 2.45) is 0 Å². The second kappa shape index (κ2) is 6.04. The van der Waals surface area contributed by atoms with Gasteiger partial charge in [0.2, 0.25) is 0 Å². The molecule has 0 saturated carbocycles. The van der Waals surface area contributed by atoms with Crippen LogP contribution in [0, 0.1) is 17.5 Å². The number of hydrogen-bond donors (Lipinski definition) is 1. The van der Waals surface area contributed by atoms with Gasteiger partial charge in [0, 0.05) is 24.2 Å². The molecule has 0 radical (unpaired) electrons. The Morgan fingerprint density at radius 2 is 1.90 bits per heavy atom. The van der Waals surface area contributed by atoms with Crippen molar-refractivity contribution in [3.05, 3.63) is 47.0 Å². The SMILES string of the molecule is CCCn1nncc1C(NC)c1c(F)cc(F)cc1F. The van der Waals surface area contributed by atoms with E-state index in [1.807, 2.05) is 6.92 Å². The average molecular weight is 284 g/mol. The Hall–Kier alpha value is -1.89. The summed E-state index contributed by atoms with van der Waals surface area (Å²) >= 11 is 0. The highest BCUT2D eigenvalue weighted by Gasteiger charge is 2.25. The maximum atomic E-state index is 13.9. The molecule has 0 spiro atoms. The topological polar surface area (TPSA) is 42.7 Å². The van der Waals surface area contributed by atoms with E-state index in [1.54, 1.807) is 11.7 Å². The van der Waals surface area contributed by atoms with E-state index in [4.69, 9.17) is 0 Å². The number of nitrogens with zero attached hydrogens (tertiary/aromatic N) is 3. The average Bonchev–Trinajstić information content (AvgIpc) is 2.82. The van der Waals surface area contributed by atoms with Gasteiger partial charge in [0.15, 0.2) is 0 Å². The summed E-state index contributed by atoms with van der Waals surface area (Å²) in [7, 11) is 1.57. The van der Waals surface area contributed by atoms with Crippen LogP contribution in [-0.2, 0) is 6.54 Å². The fourth-order valence-corrected chi connectivity index (χ4v) is 2.14. The standard InChI is InChI=1S/C13H15F3N4/c1-3-4-20-11(7-18-19-20)13(17-2)12-9(15)5-8(14)6-10(12)16/h5-7,13,17H,3-4H2,1-2H3. The van der Waals surface area contributed by atoms with E-state index in [0.717, 1.165) is 6.42 Å². The van der Waals surface area contributed by atoms with Crippen molar-refractivity contribution in [1.82, 2.24) is 20.3 Å². The van der Waals surface area contributed by atoms with Gasteiger partial charge in [0.05, 0.1) is 17.9 Å². The molecule has 1 unspecified atom stereocenters. The van der Waals surface area contributed by atoms with Crippen LogP contribution >= 0.6 is 0 Å². The second-order valence-electron chi connectivity index (χ2n) is 4.39. The van der Waals surface area contributed by atoms with Gasteiger partial charge in [-0.1, -0.05) is 12.1 Å². The summed E-state index contributed by atoms with van der Waals surface area (Å²) in [5.74, 6) is -2.82. The van der Waals surface area contributed by atoms with Crippen LogP contribution in [-0.4, -0.2) is 22.0 Å². The van der Waals surface area contributed by atoms with Gasteiger partial charge in [-0.05, 0) is 13.5 Å². The van der Waals surface area contributed by atoms with E-state index in [2.05, 4.69) is 15.6 Å². The molecule has 0 amide bonds. The van der Waals surface area contributed by atoms with Crippen LogP contribution in [0.5, 0.6) is 0 Å². The fourth-order valence-electron chi connectivity index (χ4n) is 2.14. The third-order valence-corrected chi connectivity index (χ3v) is 3.00. The largest absolute Gasteiger partial charge is 0.308 e. The summed E-state index contributed by atoms with van der Waals surface area (Å²) < 4.78 is 42.3. The molecule has 0 aliphatic carbocycles. The first-order valence-electron chi connectivity index (χ1n) is 6.28. The molecule has 0 bridgehead atoms. The van der Waals surface area contributed by atoms with E-state index in [0.29, 0.717) is 24.4 Å². The summed E-state index contributed by atoms with van der Waals surface area (Å²) in [6.45, 7) is 2.54. The Morgan fingerprint density at radius 3 is 2.45 bits per heavy atom. The third-order valence-electron chi connectivity index (χ3n) is 3.00. The monoisotopic (exact) mass is 284 g/mol. The molecule has 1 N–H and O–H groups in total. The number of aromatic nitrogens is 3. The van der Waals surface area contributed by atoms with Gasteiger partial charge < -0.3 is 5.32 Å². The molecule has 2 rings (SSSR count). The molecule has 2 aromatic rings. The molecule has 0 saturated heterocycles. The Morgan fingerprint density at radius 1 is 1.25 bits per heavy atom. The number of aryl methyl sites for hydroxylation is 1. The van der Waals surface area contributed by atoms with Crippen molar-refractivity contribution in [3.8, 4) is 0 Å². The molecule has 0 aliphatic rings. The van der Waals surface area contributed by atoms with E-state index in [1.165, 1.54) is 6.20 Å². The summed E-state index contributed by atoms with van der Waals surface area (Å²) in [5.41, 5.74) is 0.285. The van der Waals surface area contributed by atoms with Crippen molar-refractivity contribution < 1.29 is 13.2 Å². The first kappa shape index (κ1) is 14.5. The van der Waals surface area contributed by atoms with Crippen LogP contribution in [0.4, 0.5) is 13.2 Å². The predicted octanol–water partition coefficient (Wildman–Crippen LogP) is 2.41. The molecule has 0 aliphatic heterocycles. The Labute approximate surface area is 114 Å². The number of benzene rings is 1. The lowest BCUT2D eigenvalue weighted by atomic mass is 10.0. The first-order chi connectivity index (χ1) is 9.58. The fraction of sp³-hybridized carbons (Fsp3) is 0.385. The Balaban J connectivity index is 2.50. The van der Waals surface area contributed by atoms with Gasteiger partial charge in [0.25, 0.3) is 0 Å². The molecule has 4 nitrogen and oxygen atoms in total. The third kappa shape index (κ3) is 2.67. The highest BCUT2D eigenvalue weighted by atomic mass is 19.1. The zero-order chi connectivity index (χ0) is 14.7. The maximum Gasteiger partial charge on any atom is 0.134 e. The van der Waals surface area contributed by atoms with E-state index in [9.17, 15) is 13.2 Å². The second-order valence-corrected chi connectivity index (χ2v) is 4.39. The van der Waals surface area contributed by atoms with Crippen LogP contribution in [0.25, 0.3) is 0 Å². The molecule has 1 atom stereocenters. The van der Waals surface area contributed by atoms with E-state index < -0.39 is 23.5 Å². The zero-order valence-corrected chi connectivity index (χ0v) is 11.2. The van der Waals surface area contributed by atoms with Crippen LogP contribution in [0.3, 0.4) is 0 Å². The van der Waals surface area contributed by atoms with Crippen molar-refractivity contribution >= 4 is 0 Å². The molecule has 1 aromatic carbocycles. The first-order valence-corrected chi connectivity index (χ1v) is 6.28. The van der Waals surface area contributed by atoms with Gasteiger partial charge in [0.1, 0.15) is 17.5 Å². The highest BCUT2D eigenvalue weighted by Crippen LogP contribution is 2.27. The maximum absolute atomic E-state index is 13.9. The molecule has 7 heteroatoms. The lowest BCUT2D eigenvalue weighted by Gasteiger charge is -2.18. The smallest absolute Gasteiger partial charge is 0.134 e. The summed E-state index contributed by atoms with van der Waals surface area (Å²) in [6.07, 6.45) is 2.25. The van der Waals surface area contributed by atoms with Gasteiger partial charge in [-0.3, -0.25) is 0 Å². The molecular formula is C13H15F3N4. The van der Waals surface area contributed by atoms with E-state index in [-0.39, 0.29) is 5.56 Å². The van der Waals surface area contributed by atoms with Crippen LogP contribution in [0.15, 0.2) is 18.3 Å². The number of nitrogens with one attached hydrogen (secondary N) is 1. The molecule has 20 heavy (non-hydrogen) atoms. The van der Waals surface area contributed by atoms with E-state index >= 15 is 0 Å². The summed E-state index contributed by atoms with van der Waals surface area (Å²) in [6, 6.07) is 0.546. The van der Waals surface area contributed by atoms with Crippen molar-refractivity contribution in [2.45, 2.75) is 25.9 Å². The molecule has 0 fully saturated rings. The lowest BCUT2D eigenvalue weighted by molar-refractivity contribution is 0.475. The number of rotatable bonds is 5. The van der Waals surface area contributed by atoms with Gasteiger partial charge in [-0.2, -0.15) is 0 Å². The quantitative estimate of drug-likeness (QED) is 0.917. The molecule has 108 valence electrons. The minimum Gasteiger partial charge on any atom is -0.308 e. The molecule has 1 aromatic heterocycles. The Kier molecular flexibility index (Phi) is 4.39. The van der Waals surface area contributed by atoms with Crippen LogP contribution < -0.4 is 5.32 Å². The van der Waals surface area contributed by atoms with Gasteiger partial charge in [-0.15, -0.1) is 5.10 Å². The molecular weight excluding hydrogens is 269 g/mol. The van der Waals surface area contributed by atoms with Crippen LogP contribution in [0.2, 0.25) is 0 Å². The minimum atomic E-state index is -0.946. The predicted molar refractivity (Wildman–Crippen MR) is 67.5 cm³/mol. The van der Waals surface area contributed by atoms with Crippen molar-refractivity contribution in [2.75, 3.05) is 7.05 Å². The van der Waals surface area contributed by atoms with Crippen LogP contribution in [0.1, 0.15) is 30.6 Å². The number of hydrogen-bond acceptors (Lipinski definition) is 3. The number of halogens is 3. The minimum absolute atomic E-state index is 0.242. The van der Waals surface area contributed by atoms with Gasteiger partial charge >= 0.3 is 0 Å². The van der Waals surface area contributed by atoms with Gasteiger partial charge in [-0.25, -0.2) is 17.9 Å². The lowest BCUT2D eigenvalue weighted by Crippen LogP contribution is -2.24. The molecule has 1 heterocycles. The van der Waals surface area contributed by atoms with Crippen molar-refractivity contribution in [3.63, 3.8) is 0 Å². The zero-order valence-electron chi connectivity index (χ0n) is 11.2. The van der Waals surface area contributed by atoms with Crippen molar-refractivity contribution in [1.29, 1.82) is 0 Å². The Bertz CT molecular complexity index is 574. The summed E-state index contributed by atoms with van der Waals surface area (Å²) in [4.78, 5) is 0. The summed E-state index contributed by atoms with van der Waals surface area (Å²) in [5, 5.41) is 10.5. The highest BCUT2D eigenvalue weighted by molar-refractivity contribution is 5.30. The normalized spacial score (nSPS) is 12.7.